The van der Waals surface area contributed by atoms with Gasteiger partial charge in [-0.25, -0.2) is 4.79 Å². The van der Waals surface area contributed by atoms with E-state index in [1.807, 2.05) is 6.07 Å². The standard InChI is InChI=1S/C10H10Br2O3/c1-14-9-7(10(13)15-2)4-3-6(5-11)8(9)12/h3-4H,5H2,1-2H3. The van der Waals surface area contributed by atoms with Gasteiger partial charge in [0.2, 0.25) is 0 Å². The van der Waals surface area contributed by atoms with E-state index >= 15 is 0 Å². The average Bonchev–Trinajstić information content (AvgIpc) is 2.27. The van der Waals surface area contributed by atoms with Gasteiger partial charge in [0.25, 0.3) is 0 Å². The summed E-state index contributed by atoms with van der Waals surface area (Å²) in [5, 5.41) is 0.686. The summed E-state index contributed by atoms with van der Waals surface area (Å²) in [5.41, 5.74) is 1.43. The molecular weight excluding hydrogens is 328 g/mol. The monoisotopic (exact) mass is 336 g/mol. The first-order valence-electron chi connectivity index (χ1n) is 4.15. The smallest absolute Gasteiger partial charge is 0.341 e. The third-order valence-corrected chi connectivity index (χ3v) is 3.40. The fourth-order valence-electron chi connectivity index (χ4n) is 1.17. The lowest BCUT2D eigenvalue weighted by molar-refractivity contribution is 0.0597. The number of esters is 1. The van der Waals surface area contributed by atoms with E-state index in [0.717, 1.165) is 10.0 Å². The summed E-state index contributed by atoms with van der Waals surface area (Å²) < 4.78 is 10.6. The molecule has 15 heavy (non-hydrogen) atoms. The molecule has 0 aliphatic carbocycles. The van der Waals surface area contributed by atoms with Crippen molar-refractivity contribution in [2.45, 2.75) is 5.33 Å². The van der Waals surface area contributed by atoms with E-state index in [9.17, 15) is 4.79 Å². The summed E-state index contributed by atoms with van der Waals surface area (Å²) in [5.74, 6) is 0.0903. The third kappa shape index (κ3) is 2.52. The number of methoxy groups -OCH3 is 2. The van der Waals surface area contributed by atoms with E-state index in [-0.39, 0.29) is 0 Å². The molecule has 0 fully saturated rings. The van der Waals surface area contributed by atoms with Gasteiger partial charge in [0.1, 0.15) is 11.3 Å². The van der Waals surface area contributed by atoms with E-state index in [1.54, 1.807) is 6.07 Å². The second-order valence-electron chi connectivity index (χ2n) is 2.74. The normalized spacial score (nSPS) is 9.87. The quantitative estimate of drug-likeness (QED) is 0.628. The molecule has 0 spiro atoms. The van der Waals surface area contributed by atoms with Crippen molar-refractivity contribution in [3.63, 3.8) is 0 Å². The number of rotatable bonds is 3. The van der Waals surface area contributed by atoms with Gasteiger partial charge in [0, 0.05) is 5.33 Å². The van der Waals surface area contributed by atoms with Crippen molar-refractivity contribution in [1.82, 2.24) is 0 Å². The second-order valence-corrected chi connectivity index (χ2v) is 4.10. The second kappa shape index (κ2) is 5.51. The van der Waals surface area contributed by atoms with Crippen molar-refractivity contribution >= 4 is 37.8 Å². The van der Waals surface area contributed by atoms with Gasteiger partial charge in [-0.15, -0.1) is 0 Å². The molecule has 0 bridgehead atoms. The summed E-state index contributed by atoms with van der Waals surface area (Å²) in [6, 6.07) is 3.53. The third-order valence-electron chi connectivity index (χ3n) is 1.93. The number of carbonyl (C=O) groups is 1. The van der Waals surface area contributed by atoms with Gasteiger partial charge in [0.05, 0.1) is 18.7 Å². The summed E-state index contributed by atoms with van der Waals surface area (Å²) >= 11 is 6.74. The molecular formula is C10H10Br2O3. The number of carbonyl (C=O) groups excluding carboxylic acids is 1. The van der Waals surface area contributed by atoms with Crippen molar-refractivity contribution in [3.8, 4) is 5.75 Å². The molecule has 1 aromatic carbocycles. The number of hydrogen-bond acceptors (Lipinski definition) is 3. The Morgan fingerprint density at radius 2 is 2.07 bits per heavy atom. The molecule has 0 aliphatic rings. The number of halogens is 2. The van der Waals surface area contributed by atoms with Crippen LogP contribution in [0.4, 0.5) is 0 Å². The van der Waals surface area contributed by atoms with Crippen LogP contribution in [0.5, 0.6) is 5.75 Å². The number of hydrogen-bond donors (Lipinski definition) is 0. The molecule has 0 saturated carbocycles. The average molecular weight is 338 g/mol. The predicted molar refractivity (Wildman–Crippen MR) is 64.7 cm³/mol. The lowest BCUT2D eigenvalue weighted by Gasteiger charge is -2.11. The Hall–Kier alpha value is -0.550. The van der Waals surface area contributed by atoms with Crippen LogP contribution in [0.25, 0.3) is 0 Å². The van der Waals surface area contributed by atoms with Crippen molar-refractivity contribution < 1.29 is 14.3 Å². The van der Waals surface area contributed by atoms with Crippen molar-refractivity contribution in [3.05, 3.63) is 27.7 Å². The topological polar surface area (TPSA) is 35.5 Å². The van der Waals surface area contributed by atoms with Crippen LogP contribution >= 0.6 is 31.9 Å². The molecule has 0 radical (unpaired) electrons. The molecule has 0 heterocycles. The number of benzene rings is 1. The first kappa shape index (κ1) is 12.5. The van der Waals surface area contributed by atoms with Gasteiger partial charge >= 0.3 is 5.97 Å². The molecule has 0 saturated heterocycles. The fraction of sp³-hybridized carbons (Fsp3) is 0.300. The molecule has 3 nitrogen and oxygen atoms in total. The van der Waals surface area contributed by atoms with Crippen molar-refractivity contribution in [2.75, 3.05) is 14.2 Å². The maximum absolute atomic E-state index is 11.4. The molecule has 0 amide bonds. The van der Waals surface area contributed by atoms with Crippen LogP contribution in [0.3, 0.4) is 0 Å². The minimum atomic E-state index is -0.409. The first-order valence-corrected chi connectivity index (χ1v) is 6.06. The summed E-state index contributed by atoms with van der Waals surface area (Å²) in [6.45, 7) is 0. The lowest BCUT2D eigenvalue weighted by atomic mass is 10.1. The Morgan fingerprint density at radius 3 is 2.53 bits per heavy atom. The molecule has 1 aromatic rings. The van der Waals surface area contributed by atoms with Crippen molar-refractivity contribution in [1.29, 1.82) is 0 Å². The zero-order chi connectivity index (χ0) is 11.4. The number of alkyl halides is 1. The molecule has 82 valence electrons. The highest BCUT2D eigenvalue weighted by atomic mass is 79.9. The van der Waals surface area contributed by atoms with Gasteiger partial charge in [-0.05, 0) is 27.6 Å². The van der Waals surface area contributed by atoms with Crippen LogP contribution < -0.4 is 4.74 Å². The van der Waals surface area contributed by atoms with E-state index in [4.69, 9.17) is 4.74 Å². The van der Waals surface area contributed by atoms with Crippen LogP contribution in [0.15, 0.2) is 16.6 Å². The van der Waals surface area contributed by atoms with E-state index in [2.05, 4.69) is 36.6 Å². The Balaban J connectivity index is 3.30. The van der Waals surface area contributed by atoms with Crippen LogP contribution in [0.1, 0.15) is 15.9 Å². The Morgan fingerprint density at radius 1 is 1.40 bits per heavy atom. The van der Waals surface area contributed by atoms with E-state index in [1.165, 1.54) is 14.2 Å². The Bertz CT molecular complexity index is 377. The predicted octanol–water partition coefficient (Wildman–Crippen LogP) is 3.14. The Kier molecular flexibility index (Phi) is 4.60. The summed E-state index contributed by atoms with van der Waals surface area (Å²) in [4.78, 5) is 11.4. The molecule has 0 aromatic heterocycles. The summed E-state index contributed by atoms with van der Waals surface area (Å²) in [7, 11) is 2.86. The molecule has 0 unspecified atom stereocenters. The summed E-state index contributed by atoms with van der Waals surface area (Å²) in [6.07, 6.45) is 0. The molecule has 0 atom stereocenters. The highest BCUT2D eigenvalue weighted by molar-refractivity contribution is 9.11. The molecule has 5 heteroatoms. The van der Waals surface area contributed by atoms with Crippen LogP contribution in [0, 0.1) is 0 Å². The van der Waals surface area contributed by atoms with Crippen LogP contribution in [0.2, 0.25) is 0 Å². The highest BCUT2D eigenvalue weighted by Gasteiger charge is 2.17. The van der Waals surface area contributed by atoms with Gasteiger partial charge in [-0.1, -0.05) is 22.0 Å². The van der Waals surface area contributed by atoms with Crippen molar-refractivity contribution in [2.24, 2.45) is 0 Å². The lowest BCUT2D eigenvalue weighted by Crippen LogP contribution is -2.05. The van der Waals surface area contributed by atoms with E-state index < -0.39 is 5.97 Å². The van der Waals surface area contributed by atoms with Crippen LogP contribution in [-0.4, -0.2) is 20.2 Å². The number of ether oxygens (including phenoxy) is 2. The molecule has 0 N–H and O–H groups in total. The van der Waals surface area contributed by atoms with E-state index in [0.29, 0.717) is 16.6 Å². The van der Waals surface area contributed by atoms with Gasteiger partial charge in [0.15, 0.2) is 0 Å². The molecule has 1 rings (SSSR count). The minimum Gasteiger partial charge on any atom is -0.495 e. The first-order chi connectivity index (χ1) is 7.15. The largest absolute Gasteiger partial charge is 0.495 e. The SMILES string of the molecule is COC(=O)c1ccc(CBr)c(Br)c1OC. The van der Waals surface area contributed by atoms with Gasteiger partial charge < -0.3 is 9.47 Å². The fourth-order valence-corrected chi connectivity index (χ4v) is 2.66. The Labute approximate surface area is 105 Å². The zero-order valence-corrected chi connectivity index (χ0v) is 11.5. The van der Waals surface area contributed by atoms with Crippen LogP contribution in [-0.2, 0) is 10.1 Å². The maximum Gasteiger partial charge on any atom is 0.341 e. The maximum atomic E-state index is 11.4. The minimum absolute atomic E-state index is 0.409. The van der Waals surface area contributed by atoms with Gasteiger partial charge in [-0.3, -0.25) is 0 Å². The zero-order valence-electron chi connectivity index (χ0n) is 8.34. The molecule has 0 aliphatic heterocycles. The highest BCUT2D eigenvalue weighted by Crippen LogP contribution is 2.33. The van der Waals surface area contributed by atoms with Gasteiger partial charge in [-0.2, -0.15) is 0 Å².